The number of carbonyl (C=O) groups excluding carboxylic acids is 1. The molecule has 17 heavy (non-hydrogen) atoms. The predicted molar refractivity (Wildman–Crippen MR) is 67.0 cm³/mol. The third-order valence-electron chi connectivity index (χ3n) is 3.53. The lowest BCUT2D eigenvalue weighted by Crippen LogP contribution is -2.41. The Morgan fingerprint density at radius 1 is 1.47 bits per heavy atom. The summed E-state index contributed by atoms with van der Waals surface area (Å²) in [6.07, 6.45) is 3.69. The number of rotatable bonds is 4. The van der Waals surface area contributed by atoms with Crippen LogP contribution in [0.4, 0.5) is 0 Å². The maximum Gasteiger partial charge on any atom is 0.225 e. The number of amides is 1. The van der Waals surface area contributed by atoms with Crippen LogP contribution in [0.15, 0.2) is 0 Å². The first-order valence-corrected chi connectivity index (χ1v) is 6.52. The molecule has 0 spiro atoms. The van der Waals surface area contributed by atoms with Crippen molar-refractivity contribution < 1.29 is 4.79 Å². The van der Waals surface area contributed by atoms with E-state index in [4.69, 9.17) is 11.0 Å². The molecular formula is C13H23N3O. The number of carbonyl (C=O) groups is 1. The molecule has 0 bridgehead atoms. The molecule has 0 aromatic heterocycles. The van der Waals surface area contributed by atoms with Crippen molar-refractivity contribution in [3.05, 3.63) is 0 Å². The molecule has 1 saturated carbocycles. The molecule has 1 amide bonds. The van der Waals surface area contributed by atoms with E-state index in [-0.39, 0.29) is 23.8 Å². The van der Waals surface area contributed by atoms with E-state index in [9.17, 15) is 4.79 Å². The Hall–Kier alpha value is -1.08. The minimum atomic E-state index is -0.0928. The second-order valence-electron chi connectivity index (χ2n) is 5.02. The SMILES string of the molecule is CCN(CC(C)C#N)C(=O)C1CCC(N)CC1. The van der Waals surface area contributed by atoms with Crippen molar-refractivity contribution in [1.82, 2.24) is 4.90 Å². The second kappa shape index (κ2) is 6.61. The zero-order valence-electron chi connectivity index (χ0n) is 10.9. The third-order valence-corrected chi connectivity index (χ3v) is 3.53. The van der Waals surface area contributed by atoms with Gasteiger partial charge in [-0.3, -0.25) is 4.79 Å². The van der Waals surface area contributed by atoms with Crippen LogP contribution in [0.25, 0.3) is 0 Å². The molecule has 1 unspecified atom stereocenters. The smallest absolute Gasteiger partial charge is 0.225 e. The summed E-state index contributed by atoms with van der Waals surface area (Å²) < 4.78 is 0. The minimum absolute atomic E-state index is 0.0928. The molecule has 1 fully saturated rings. The maximum absolute atomic E-state index is 12.3. The van der Waals surface area contributed by atoms with Gasteiger partial charge in [0.15, 0.2) is 0 Å². The number of nitrogens with zero attached hydrogens (tertiary/aromatic N) is 2. The number of nitrogens with two attached hydrogens (primary N) is 1. The van der Waals surface area contributed by atoms with E-state index in [2.05, 4.69) is 6.07 Å². The standard InChI is InChI=1S/C13H23N3O/c1-3-16(9-10(2)8-14)13(17)11-4-6-12(15)7-5-11/h10-12H,3-7,9,15H2,1-2H3. The van der Waals surface area contributed by atoms with Gasteiger partial charge in [0.2, 0.25) is 5.91 Å². The van der Waals surface area contributed by atoms with Gasteiger partial charge in [-0.15, -0.1) is 0 Å². The lowest BCUT2D eigenvalue weighted by atomic mass is 9.85. The third kappa shape index (κ3) is 4.01. The van der Waals surface area contributed by atoms with Gasteiger partial charge in [-0.1, -0.05) is 0 Å². The van der Waals surface area contributed by atoms with Gasteiger partial charge in [0, 0.05) is 25.0 Å². The highest BCUT2D eigenvalue weighted by atomic mass is 16.2. The molecule has 4 nitrogen and oxygen atoms in total. The Morgan fingerprint density at radius 3 is 2.53 bits per heavy atom. The van der Waals surface area contributed by atoms with E-state index in [1.54, 1.807) is 0 Å². The fourth-order valence-electron chi connectivity index (χ4n) is 2.37. The van der Waals surface area contributed by atoms with Gasteiger partial charge in [0.1, 0.15) is 0 Å². The predicted octanol–water partition coefficient (Wildman–Crippen LogP) is 1.51. The van der Waals surface area contributed by atoms with Gasteiger partial charge in [-0.2, -0.15) is 5.26 Å². The zero-order valence-corrected chi connectivity index (χ0v) is 10.9. The van der Waals surface area contributed by atoms with Crippen molar-refractivity contribution in [2.45, 2.75) is 45.6 Å². The van der Waals surface area contributed by atoms with Crippen molar-refractivity contribution in [1.29, 1.82) is 5.26 Å². The van der Waals surface area contributed by atoms with Gasteiger partial charge in [-0.05, 0) is 39.5 Å². The van der Waals surface area contributed by atoms with E-state index >= 15 is 0 Å². The molecule has 0 heterocycles. The minimum Gasteiger partial charge on any atom is -0.341 e. The van der Waals surface area contributed by atoms with Crippen molar-refractivity contribution in [3.8, 4) is 6.07 Å². The monoisotopic (exact) mass is 237 g/mol. The summed E-state index contributed by atoms with van der Waals surface area (Å²) in [5, 5.41) is 8.80. The summed E-state index contributed by atoms with van der Waals surface area (Å²) in [4.78, 5) is 14.1. The van der Waals surface area contributed by atoms with Crippen molar-refractivity contribution in [2.24, 2.45) is 17.6 Å². The molecule has 0 radical (unpaired) electrons. The highest BCUT2D eigenvalue weighted by Crippen LogP contribution is 2.25. The Morgan fingerprint density at radius 2 is 2.06 bits per heavy atom. The first-order chi connectivity index (χ1) is 8.08. The van der Waals surface area contributed by atoms with Crippen molar-refractivity contribution in [2.75, 3.05) is 13.1 Å². The van der Waals surface area contributed by atoms with Crippen LogP contribution in [0.1, 0.15) is 39.5 Å². The molecule has 1 rings (SSSR count). The van der Waals surface area contributed by atoms with E-state index in [1.807, 2.05) is 18.7 Å². The molecule has 0 aromatic rings. The van der Waals surface area contributed by atoms with Gasteiger partial charge in [0.25, 0.3) is 0 Å². The van der Waals surface area contributed by atoms with E-state index in [0.29, 0.717) is 13.1 Å². The highest BCUT2D eigenvalue weighted by molar-refractivity contribution is 5.79. The Kier molecular flexibility index (Phi) is 5.43. The van der Waals surface area contributed by atoms with Crippen LogP contribution in [0.3, 0.4) is 0 Å². The summed E-state index contributed by atoms with van der Waals surface area (Å²) in [7, 11) is 0. The van der Waals surface area contributed by atoms with Crippen LogP contribution >= 0.6 is 0 Å². The first-order valence-electron chi connectivity index (χ1n) is 6.52. The van der Waals surface area contributed by atoms with E-state index in [1.165, 1.54) is 0 Å². The molecule has 0 aliphatic heterocycles. The Balaban J connectivity index is 2.51. The van der Waals surface area contributed by atoms with Crippen molar-refractivity contribution >= 4 is 5.91 Å². The summed E-state index contributed by atoms with van der Waals surface area (Å²) in [5.74, 6) is 0.242. The van der Waals surface area contributed by atoms with Crippen LogP contribution in [-0.4, -0.2) is 29.9 Å². The number of hydrogen-bond acceptors (Lipinski definition) is 3. The first kappa shape index (κ1) is 14.0. The van der Waals surface area contributed by atoms with Crippen LogP contribution in [0, 0.1) is 23.2 Å². The van der Waals surface area contributed by atoms with Crippen LogP contribution in [0.5, 0.6) is 0 Å². The average molecular weight is 237 g/mol. The quantitative estimate of drug-likeness (QED) is 0.805. The summed E-state index contributed by atoms with van der Waals surface area (Å²) >= 11 is 0. The molecule has 96 valence electrons. The van der Waals surface area contributed by atoms with Crippen molar-refractivity contribution in [3.63, 3.8) is 0 Å². The zero-order chi connectivity index (χ0) is 12.8. The van der Waals surface area contributed by atoms with E-state index < -0.39 is 0 Å². The van der Waals surface area contributed by atoms with Crippen LogP contribution in [-0.2, 0) is 4.79 Å². The van der Waals surface area contributed by atoms with Gasteiger partial charge in [0.05, 0.1) is 12.0 Å². The fourth-order valence-corrected chi connectivity index (χ4v) is 2.37. The number of nitriles is 1. The van der Waals surface area contributed by atoms with E-state index in [0.717, 1.165) is 25.7 Å². The normalized spacial score (nSPS) is 26.0. The molecule has 1 atom stereocenters. The Labute approximate surface area is 104 Å². The average Bonchev–Trinajstić information content (AvgIpc) is 2.35. The fraction of sp³-hybridized carbons (Fsp3) is 0.846. The summed E-state index contributed by atoms with van der Waals surface area (Å²) in [6, 6.07) is 2.45. The lowest BCUT2D eigenvalue weighted by Gasteiger charge is -2.31. The topological polar surface area (TPSA) is 70.1 Å². The second-order valence-corrected chi connectivity index (χ2v) is 5.02. The molecule has 0 aromatic carbocycles. The van der Waals surface area contributed by atoms with Gasteiger partial charge < -0.3 is 10.6 Å². The van der Waals surface area contributed by atoms with Crippen LogP contribution < -0.4 is 5.73 Å². The van der Waals surface area contributed by atoms with Gasteiger partial charge in [-0.25, -0.2) is 0 Å². The Bertz CT molecular complexity index is 290. The molecular weight excluding hydrogens is 214 g/mol. The largest absolute Gasteiger partial charge is 0.341 e. The molecule has 1 aliphatic rings. The molecule has 4 heteroatoms. The highest BCUT2D eigenvalue weighted by Gasteiger charge is 2.28. The molecule has 0 saturated heterocycles. The van der Waals surface area contributed by atoms with Crippen LogP contribution in [0.2, 0.25) is 0 Å². The summed E-state index contributed by atoms with van der Waals surface area (Å²) in [5.41, 5.74) is 5.84. The molecule has 1 aliphatic carbocycles. The molecule has 2 N–H and O–H groups in total. The lowest BCUT2D eigenvalue weighted by molar-refractivity contribution is -0.136. The number of hydrogen-bond donors (Lipinski definition) is 1. The summed E-state index contributed by atoms with van der Waals surface area (Å²) in [6.45, 7) is 5.06. The maximum atomic E-state index is 12.3. The van der Waals surface area contributed by atoms with Gasteiger partial charge >= 0.3 is 0 Å².